The van der Waals surface area contributed by atoms with E-state index >= 15 is 0 Å². The number of carboxylic acid groups (broad SMARTS) is 2. The average molecular weight is 1170 g/mol. The maximum Gasteiger partial charge on any atom is 0.356 e. The van der Waals surface area contributed by atoms with E-state index < -0.39 is 47.7 Å². The predicted molar refractivity (Wildman–Crippen MR) is 323 cm³/mol. The number of benzene rings is 4. The molecule has 1 aliphatic heterocycles. The van der Waals surface area contributed by atoms with Crippen LogP contribution in [0.15, 0.2) is 125 Å². The number of halogens is 7. The topological polar surface area (TPSA) is 110 Å². The van der Waals surface area contributed by atoms with Gasteiger partial charge in [-0.15, -0.1) is 11.8 Å². The molecule has 4 N–H and O–H groups in total. The quantitative estimate of drug-likeness (QED) is 0.0146. The highest BCUT2D eigenvalue weighted by atomic mass is 32.2. The second kappa shape index (κ2) is 31.0. The van der Waals surface area contributed by atoms with Crippen LogP contribution >= 0.6 is 23.8 Å². The van der Waals surface area contributed by atoms with Gasteiger partial charge in [-0.05, 0) is 122 Å². The third-order valence-electron chi connectivity index (χ3n) is 15.7. The minimum Gasteiger partial charge on any atom is -0.483 e. The van der Waals surface area contributed by atoms with Crippen LogP contribution in [-0.2, 0) is 20.4 Å². The first kappa shape index (κ1) is 68.4. The molecule has 4 aromatic carbocycles. The van der Waals surface area contributed by atoms with Crippen molar-refractivity contribution < 1.29 is 59.7 Å². The van der Waals surface area contributed by atoms with Crippen molar-refractivity contribution in [3.05, 3.63) is 136 Å². The number of allylic oxidation sites excluding steroid dienone is 7. The number of hydrogen-bond donors (Lipinski definition) is 4. The molecule has 2 aliphatic rings. The second-order valence-electron chi connectivity index (χ2n) is 22.4. The monoisotopic (exact) mass is 1170 g/mol. The molecule has 16 heteroatoms. The Bertz CT molecular complexity index is 2860. The SMILES string of the molecule is CC(F)(F)C(F)(F)C(C)(F)C(F)(F)SO.CCCCCCN/C(=C/C=C1\CCCC(/C=C/C2=[N+](CCCCCC(=O)O)c3ccc4ccccc4c3C2(C)C)=C1SCC(CC)CCCC)C(C)(C)c1cccc2ccccc12.O=CO. The molecule has 0 fully saturated rings. The van der Waals surface area contributed by atoms with E-state index in [2.05, 4.69) is 173 Å². The van der Waals surface area contributed by atoms with Gasteiger partial charge in [0.2, 0.25) is 5.69 Å². The number of carboxylic acids is 1. The Morgan fingerprint density at radius 1 is 0.778 bits per heavy atom. The van der Waals surface area contributed by atoms with Crippen molar-refractivity contribution in [1.29, 1.82) is 0 Å². The zero-order chi connectivity index (χ0) is 60.2. The third-order valence-corrected chi connectivity index (χ3v) is 17.8. The number of rotatable bonds is 28. The highest BCUT2D eigenvalue weighted by molar-refractivity contribution is 8.03. The standard InChI is InChI=1S/C58H76N2O2S.C6H7F7OS.CH2O2/c1-8-11-13-20-40-59-52(57(4,5)50-32-23-27-44-25-16-18-30-48(44)50)38-35-46-28-22-29-47(56(46)63-42-43(10-3)24-12-9-2)36-39-53-58(6,7)55-49-31-19-17-26-45(49)34-37-51(55)60(53)41-21-14-15-33-54(61)62;1-3(7,6(12,13)15-14)5(10,11)4(2,8)9;2-1-3/h16-19,23,25-27,30-32,34-39,43H,8-15,20-22,24,28-29,33,40-42H2,1-7H3,(H,61,62);14H,1-2H3;1H,(H,2,3)/p+1. The molecule has 1 heterocycles. The fourth-order valence-electron chi connectivity index (χ4n) is 10.7. The molecular weight excluding hydrogens is 1090 g/mol. The number of hydrogen-bond acceptors (Lipinski definition) is 6. The minimum atomic E-state index is -5.61. The number of thioether (sulfide) groups is 1. The Hall–Kier alpha value is -5.06. The second-order valence-corrected chi connectivity index (χ2v) is 24.1. The summed E-state index contributed by atoms with van der Waals surface area (Å²) in [6.07, 6.45) is 26.0. The largest absolute Gasteiger partial charge is 0.483 e. The number of nitrogens with one attached hydrogen (secondary N) is 1. The summed E-state index contributed by atoms with van der Waals surface area (Å²) in [5.74, 6) is -9.44. The molecule has 0 aromatic heterocycles. The van der Waals surface area contributed by atoms with Crippen LogP contribution in [0.3, 0.4) is 0 Å². The van der Waals surface area contributed by atoms with E-state index in [-0.39, 0.29) is 30.6 Å². The Labute approximate surface area is 484 Å². The van der Waals surface area contributed by atoms with Crippen molar-refractivity contribution in [3.63, 3.8) is 0 Å². The van der Waals surface area contributed by atoms with Gasteiger partial charge in [0.05, 0.1) is 17.5 Å². The molecule has 0 spiro atoms. The van der Waals surface area contributed by atoms with Crippen LogP contribution in [0.4, 0.5) is 36.4 Å². The predicted octanol–water partition coefficient (Wildman–Crippen LogP) is 19.4. The molecule has 2 atom stereocenters. The fourth-order valence-corrected chi connectivity index (χ4v) is 12.5. The highest BCUT2D eigenvalue weighted by Crippen LogP contribution is 2.54. The zero-order valence-electron chi connectivity index (χ0n) is 48.8. The Morgan fingerprint density at radius 2 is 1.40 bits per heavy atom. The first-order chi connectivity index (χ1) is 38.2. The van der Waals surface area contributed by atoms with Crippen LogP contribution in [0.1, 0.15) is 170 Å². The van der Waals surface area contributed by atoms with Crippen LogP contribution in [0.25, 0.3) is 21.5 Å². The molecule has 1 aliphatic carbocycles. The highest BCUT2D eigenvalue weighted by Gasteiger charge is 2.75. The van der Waals surface area contributed by atoms with Crippen molar-refractivity contribution in [2.24, 2.45) is 5.92 Å². The minimum absolute atomic E-state index is 0.198. The number of nitrogens with zero attached hydrogens (tertiary/aromatic N) is 1. The van der Waals surface area contributed by atoms with Crippen LogP contribution in [-0.4, -0.2) is 79.1 Å². The van der Waals surface area contributed by atoms with E-state index in [4.69, 9.17) is 14.5 Å². The normalized spacial score (nSPS) is 16.7. The Balaban J connectivity index is 0.000000675. The van der Waals surface area contributed by atoms with E-state index in [1.54, 1.807) is 0 Å². The van der Waals surface area contributed by atoms with Gasteiger partial charge in [0.15, 0.2) is 5.71 Å². The summed E-state index contributed by atoms with van der Waals surface area (Å²) in [6, 6.07) is 29.1. The van der Waals surface area contributed by atoms with Crippen molar-refractivity contribution in [1.82, 2.24) is 5.32 Å². The van der Waals surface area contributed by atoms with Crippen molar-refractivity contribution in [3.8, 4) is 0 Å². The molecule has 0 saturated heterocycles. The summed E-state index contributed by atoms with van der Waals surface area (Å²) in [5.41, 5.74) is 4.31. The number of carbonyl (C=O) groups is 2. The van der Waals surface area contributed by atoms with E-state index in [0.717, 1.165) is 50.9 Å². The van der Waals surface area contributed by atoms with E-state index in [1.165, 1.54) is 117 Å². The molecule has 4 aromatic rings. The number of alkyl halides is 7. The van der Waals surface area contributed by atoms with Gasteiger partial charge >= 0.3 is 23.1 Å². The lowest BCUT2D eigenvalue weighted by Crippen LogP contribution is -2.60. The lowest BCUT2D eigenvalue weighted by molar-refractivity contribution is -0.438. The molecule has 0 saturated carbocycles. The van der Waals surface area contributed by atoms with E-state index in [0.29, 0.717) is 12.3 Å². The number of unbranched alkanes of at least 4 members (excludes halogenated alkanes) is 6. The molecule has 0 bridgehead atoms. The molecule has 446 valence electrons. The summed E-state index contributed by atoms with van der Waals surface area (Å²) in [6.45, 7) is 17.4. The van der Waals surface area contributed by atoms with Gasteiger partial charge in [0.25, 0.3) is 12.1 Å². The lowest BCUT2D eigenvalue weighted by Gasteiger charge is -2.37. The third kappa shape index (κ3) is 17.3. The van der Waals surface area contributed by atoms with Gasteiger partial charge in [0.1, 0.15) is 6.54 Å². The molecule has 2 unspecified atom stereocenters. The molecule has 0 amide bonds. The summed E-state index contributed by atoms with van der Waals surface area (Å²) in [5, 5.41) is 20.4. The molecule has 7 nitrogen and oxygen atoms in total. The summed E-state index contributed by atoms with van der Waals surface area (Å²) < 4.78 is 98.2. The first-order valence-electron chi connectivity index (χ1n) is 28.5. The van der Waals surface area contributed by atoms with E-state index in [1.807, 2.05) is 0 Å². The first-order valence-corrected chi connectivity index (χ1v) is 30.3. The summed E-state index contributed by atoms with van der Waals surface area (Å²) in [4.78, 5) is 21.2. The van der Waals surface area contributed by atoms with Gasteiger partial charge < -0.3 is 20.1 Å². The summed E-state index contributed by atoms with van der Waals surface area (Å²) >= 11 is 0.570. The van der Waals surface area contributed by atoms with Gasteiger partial charge in [-0.25, -0.2) is 13.2 Å². The van der Waals surface area contributed by atoms with Crippen LogP contribution in [0.2, 0.25) is 0 Å². The van der Waals surface area contributed by atoms with Gasteiger partial charge in [0, 0.05) is 65.8 Å². The maximum atomic E-state index is 13.0. The Morgan fingerprint density at radius 3 is 2.01 bits per heavy atom. The van der Waals surface area contributed by atoms with Crippen LogP contribution < -0.4 is 5.32 Å². The fraction of sp³-hybridized carbons (Fsp3) is 0.523. The average Bonchev–Trinajstić information content (AvgIpc) is 3.77. The molecule has 0 radical (unpaired) electrons. The van der Waals surface area contributed by atoms with Gasteiger partial charge in [-0.1, -0.05) is 152 Å². The van der Waals surface area contributed by atoms with Crippen molar-refractivity contribution in [2.75, 3.05) is 18.8 Å². The number of aliphatic carboxylic acids is 1. The lowest BCUT2D eigenvalue weighted by atomic mass is 9.78. The van der Waals surface area contributed by atoms with Crippen LogP contribution in [0.5, 0.6) is 0 Å². The van der Waals surface area contributed by atoms with Crippen molar-refractivity contribution >= 4 is 69.2 Å². The van der Waals surface area contributed by atoms with Crippen LogP contribution in [0, 0.1) is 5.92 Å². The Kier molecular flexibility index (Phi) is 26.2. The van der Waals surface area contributed by atoms with Gasteiger partial charge in [-0.2, -0.15) is 22.1 Å². The maximum absolute atomic E-state index is 13.0. The molecular formula is C65H86F7N2O5S2+. The smallest absolute Gasteiger partial charge is 0.356 e. The summed E-state index contributed by atoms with van der Waals surface area (Å²) in [7, 11) is 0. The van der Waals surface area contributed by atoms with Crippen molar-refractivity contribution in [2.45, 2.75) is 192 Å². The van der Waals surface area contributed by atoms with E-state index in [9.17, 15) is 40.6 Å². The molecule has 81 heavy (non-hydrogen) atoms. The van der Waals surface area contributed by atoms with Gasteiger partial charge in [-0.3, -0.25) is 9.59 Å². The number of fused-ring (bicyclic) bond motifs is 4. The molecule has 6 rings (SSSR count). The zero-order valence-corrected chi connectivity index (χ0v) is 50.4.